The minimum absolute atomic E-state index is 0.0158. The number of fused-ring (bicyclic) bond motifs is 1. The fourth-order valence-corrected chi connectivity index (χ4v) is 6.41. The van der Waals surface area contributed by atoms with Gasteiger partial charge in [-0.25, -0.2) is 12.8 Å². The van der Waals surface area contributed by atoms with Crippen LogP contribution in [0.25, 0.3) is 22.8 Å². The normalized spacial score (nSPS) is 13.9. The second-order valence-corrected chi connectivity index (χ2v) is 10.8. The first-order chi connectivity index (χ1) is 18.1. The van der Waals surface area contributed by atoms with Crippen molar-refractivity contribution in [1.82, 2.24) is 4.98 Å². The number of H-pyrrole nitrogens is 1. The molecule has 1 aliphatic heterocycles. The second-order valence-electron chi connectivity index (χ2n) is 8.96. The molecule has 4 aromatic rings. The zero-order valence-corrected chi connectivity index (χ0v) is 21.1. The first-order valence-electron chi connectivity index (χ1n) is 11.8. The second kappa shape index (κ2) is 9.75. The Morgan fingerprint density at radius 3 is 2.37 bits per heavy atom. The molecule has 0 atom stereocenters. The molecule has 0 aliphatic carbocycles. The number of carboxylic acids is 1. The third-order valence-electron chi connectivity index (χ3n) is 6.44. The lowest BCUT2D eigenvalue weighted by Gasteiger charge is -2.08. The van der Waals surface area contributed by atoms with E-state index in [4.69, 9.17) is 0 Å². The van der Waals surface area contributed by atoms with E-state index < -0.39 is 15.8 Å². The number of rotatable bonds is 7. The molecule has 0 radical (unpaired) electrons. The van der Waals surface area contributed by atoms with Crippen LogP contribution in [0, 0.1) is 12.7 Å². The van der Waals surface area contributed by atoms with Gasteiger partial charge < -0.3 is 15.4 Å². The van der Waals surface area contributed by atoms with Crippen LogP contribution in [0.2, 0.25) is 0 Å². The summed E-state index contributed by atoms with van der Waals surface area (Å²) in [4.78, 5) is 27.5. The number of aromatic amines is 1. The molecule has 0 saturated heterocycles. The van der Waals surface area contributed by atoms with E-state index >= 15 is 0 Å². The van der Waals surface area contributed by atoms with Gasteiger partial charge in [0, 0.05) is 29.1 Å². The van der Waals surface area contributed by atoms with Gasteiger partial charge in [0.1, 0.15) is 5.82 Å². The number of hydrogen-bond donors (Lipinski definition) is 3. The Morgan fingerprint density at radius 1 is 1.00 bits per heavy atom. The van der Waals surface area contributed by atoms with Crippen molar-refractivity contribution >= 4 is 39.1 Å². The molecule has 9 heteroatoms. The van der Waals surface area contributed by atoms with E-state index in [-0.39, 0.29) is 34.4 Å². The maximum atomic E-state index is 13.5. The molecule has 1 amide bonds. The zero-order valence-electron chi connectivity index (χ0n) is 20.3. The van der Waals surface area contributed by atoms with E-state index in [0.29, 0.717) is 33.8 Å². The van der Waals surface area contributed by atoms with Crippen molar-refractivity contribution in [3.63, 3.8) is 0 Å². The Hall–Kier alpha value is -4.50. The van der Waals surface area contributed by atoms with Crippen LogP contribution in [-0.4, -0.2) is 30.4 Å². The third-order valence-corrected chi connectivity index (χ3v) is 8.42. The number of carbonyl (C=O) groups is 2. The van der Waals surface area contributed by atoms with E-state index in [0.717, 1.165) is 11.1 Å². The standard InChI is InChI=1S/C29H23FN2O5S/c1-17-28(38(36,37)21-5-3-2-4-6-21)23(13-14-27(33)34)26(31-17)16-24-22-12-9-19(15-25(22)32-29(24)35)18-7-10-20(30)11-8-18/h2-12,15-16,31H,13-14H2,1H3,(H,32,35)(H,33,34). The number of halogens is 1. The van der Waals surface area contributed by atoms with Gasteiger partial charge in [0.05, 0.1) is 15.4 Å². The molecule has 0 spiro atoms. The highest BCUT2D eigenvalue weighted by Crippen LogP contribution is 2.38. The van der Waals surface area contributed by atoms with Crippen molar-refractivity contribution in [3.8, 4) is 11.1 Å². The molecule has 0 fully saturated rings. The van der Waals surface area contributed by atoms with Gasteiger partial charge in [-0.2, -0.15) is 0 Å². The number of aryl methyl sites for hydroxylation is 1. The van der Waals surface area contributed by atoms with E-state index in [2.05, 4.69) is 10.3 Å². The maximum Gasteiger partial charge on any atom is 0.303 e. The molecule has 192 valence electrons. The zero-order chi connectivity index (χ0) is 27.0. The molecule has 3 aromatic carbocycles. The van der Waals surface area contributed by atoms with E-state index in [9.17, 15) is 27.5 Å². The third kappa shape index (κ3) is 4.64. The quantitative estimate of drug-likeness (QED) is 0.274. The Kier molecular flexibility index (Phi) is 6.46. The molecule has 3 N–H and O–H groups in total. The van der Waals surface area contributed by atoms with Crippen molar-refractivity contribution in [2.24, 2.45) is 0 Å². The minimum atomic E-state index is -3.96. The van der Waals surface area contributed by atoms with Crippen molar-refractivity contribution < 1.29 is 27.5 Å². The SMILES string of the molecule is Cc1[nH]c(C=C2C(=O)Nc3cc(-c4ccc(F)cc4)ccc32)c(CCC(=O)O)c1S(=O)(=O)c1ccccc1. The smallest absolute Gasteiger partial charge is 0.303 e. The maximum absolute atomic E-state index is 13.5. The number of benzene rings is 3. The number of carboxylic acid groups (broad SMARTS) is 1. The topological polar surface area (TPSA) is 116 Å². The van der Waals surface area contributed by atoms with Gasteiger partial charge in [-0.15, -0.1) is 0 Å². The largest absolute Gasteiger partial charge is 0.481 e. The van der Waals surface area contributed by atoms with Gasteiger partial charge in [-0.05, 0) is 66.4 Å². The van der Waals surface area contributed by atoms with Crippen LogP contribution < -0.4 is 5.32 Å². The Balaban J connectivity index is 1.60. The molecule has 0 unspecified atom stereocenters. The van der Waals surface area contributed by atoms with Crippen molar-refractivity contribution in [2.75, 3.05) is 5.32 Å². The fourth-order valence-electron chi connectivity index (χ4n) is 4.67. The fraction of sp³-hybridized carbons (Fsp3) is 0.103. The van der Waals surface area contributed by atoms with Gasteiger partial charge in [0.2, 0.25) is 9.84 Å². The molecule has 1 aliphatic rings. The number of carbonyl (C=O) groups excluding carboxylic acids is 1. The number of sulfone groups is 1. The highest BCUT2D eigenvalue weighted by Gasteiger charge is 2.30. The van der Waals surface area contributed by atoms with Crippen LogP contribution in [-0.2, 0) is 25.8 Å². The van der Waals surface area contributed by atoms with E-state index in [1.54, 1.807) is 55.5 Å². The average molecular weight is 531 g/mol. The lowest BCUT2D eigenvalue weighted by atomic mass is 9.99. The monoisotopic (exact) mass is 530 g/mol. The highest BCUT2D eigenvalue weighted by molar-refractivity contribution is 7.91. The predicted molar refractivity (Wildman–Crippen MR) is 142 cm³/mol. The first-order valence-corrected chi connectivity index (χ1v) is 13.3. The van der Waals surface area contributed by atoms with Crippen LogP contribution in [0.5, 0.6) is 0 Å². The van der Waals surface area contributed by atoms with E-state index in [1.807, 2.05) is 6.07 Å². The Labute approximate surface area is 218 Å². The minimum Gasteiger partial charge on any atom is -0.481 e. The number of hydrogen-bond acceptors (Lipinski definition) is 4. The molecule has 0 bridgehead atoms. The first kappa shape index (κ1) is 25.2. The Morgan fingerprint density at radius 2 is 1.68 bits per heavy atom. The lowest BCUT2D eigenvalue weighted by molar-refractivity contribution is -0.137. The van der Waals surface area contributed by atoms with Crippen LogP contribution in [0.4, 0.5) is 10.1 Å². The lowest BCUT2D eigenvalue weighted by Crippen LogP contribution is -2.08. The molecule has 2 heterocycles. The van der Waals surface area contributed by atoms with Crippen molar-refractivity contribution in [1.29, 1.82) is 0 Å². The van der Waals surface area contributed by atoms with Crippen molar-refractivity contribution in [2.45, 2.75) is 29.6 Å². The molecular weight excluding hydrogens is 507 g/mol. The molecular formula is C29H23FN2O5S. The number of nitrogens with one attached hydrogen (secondary N) is 2. The molecule has 7 nitrogen and oxygen atoms in total. The summed E-state index contributed by atoms with van der Waals surface area (Å²) in [7, 11) is -3.96. The summed E-state index contributed by atoms with van der Waals surface area (Å²) >= 11 is 0. The predicted octanol–water partition coefficient (Wildman–Crippen LogP) is 5.47. The summed E-state index contributed by atoms with van der Waals surface area (Å²) in [5.41, 5.74) is 4.09. The number of aromatic nitrogens is 1. The highest BCUT2D eigenvalue weighted by atomic mass is 32.2. The summed E-state index contributed by atoms with van der Waals surface area (Å²) in [6.07, 6.45) is 1.24. The average Bonchev–Trinajstić information content (AvgIpc) is 3.38. The van der Waals surface area contributed by atoms with Gasteiger partial charge in [0.15, 0.2) is 0 Å². The summed E-state index contributed by atoms with van der Waals surface area (Å²) < 4.78 is 40.4. The summed E-state index contributed by atoms with van der Waals surface area (Å²) in [5.74, 6) is -1.79. The van der Waals surface area contributed by atoms with Gasteiger partial charge in [-0.1, -0.05) is 42.5 Å². The number of anilines is 1. The summed E-state index contributed by atoms with van der Waals surface area (Å²) in [6, 6.07) is 19.3. The Bertz CT molecular complexity index is 1710. The molecule has 38 heavy (non-hydrogen) atoms. The van der Waals surface area contributed by atoms with Gasteiger partial charge in [-0.3, -0.25) is 9.59 Å². The van der Waals surface area contributed by atoms with Gasteiger partial charge >= 0.3 is 5.97 Å². The number of amides is 1. The summed E-state index contributed by atoms with van der Waals surface area (Å²) in [5, 5.41) is 12.1. The van der Waals surface area contributed by atoms with Crippen LogP contribution in [0.1, 0.15) is 28.9 Å². The number of aliphatic carboxylic acids is 1. The van der Waals surface area contributed by atoms with Crippen LogP contribution >= 0.6 is 0 Å². The van der Waals surface area contributed by atoms with Crippen LogP contribution in [0.3, 0.4) is 0 Å². The molecule has 1 aromatic heterocycles. The molecule has 5 rings (SSSR count). The van der Waals surface area contributed by atoms with E-state index in [1.165, 1.54) is 24.3 Å². The summed E-state index contributed by atoms with van der Waals surface area (Å²) in [6.45, 7) is 1.61. The van der Waals surface area contributed by atoms with Gasteiger partial charge in [0.25, 0.3) is 5.91 Å². The van der Waals surface area contributed by atoms with Crippen molar-refractivity contribution in [3.05, 3.63) is 101 Å². The molecule has 0 saturated carbocycles. The van der Waals surface area contributed by atoms with Crippen LogP contribution in [0.15, 0.2) is 82.6 Å².